The molecule has 0 bridgehead atoms. The number of benzene rings is 2. The van der Waals surface area contributed by atoms with E-state index in [0.717, 1.165) is 12.1 Å². The van der Waals surface area contributed by atoms with Gasteiger partial charge in [-0.05, 0) is 24.3 Å². The van der Waals surface area contributed by atoms with Crippen LogP contribution in [0.25, 0.3) is 0 Å². The normalized spacial score (nSPS) is 10.2. The number of hydrogen-bond donors (Lipinski definition) is 6. The second-order valence-electron chi connectivity index (χ2n) is 4.98. The third-order valence-corrected chi connectivity index (χ3v) is 3.35. The predicted octanol–water partition coefficient (Wildman–Crippen LogP) is 1.44. The van der Waals surface area contributed by atoms with Crippen molar-refractivity contribution in [2.45, 2.75) is 0 Å². The molecule has 10 heteroatoms. The highest BCUT2D eigenvalue weighted by atomic mass is 16.4. The quantitative estimate of drug-likeness (QED) is 0.429. The predicted molar refractivity (Wildman–Crippen MR) is 85.0 cm³/mol. The van der Waals surface area contributed by atoms with Crippen molar-refractivity contribution in [3.63, 3.8) is 0 Å². The fourth-order valence-corrected chi connectivity index (χ4v) is 2.18. The molecule has 2 aromatic carbocycles. The second-order valence-corrected chi connectivity index (χ2v) is 4.98. The average molecular weight is 361 g/mol. The zero-order valence-corrected chi connectivity index (χ0v) is 12.8. The van der Waals surface area contributed by atoms with E-state index in [1.54, 1.807) is 0 Å². The van der Waals surface area contributed by atoms with Gasteiger partial charge in [-0.25, -0.2) is 14.4 Å². The zero-order chi connectivity index (χ0) is 19.6. The van der Waals surface area contributed by atoms with E-state index in [1.807, 2.05) is 0 Å². The molecule has 0 aliphatic heterocycles. The van der Waals surface area contributed by atoms with Crippen LogP contribution in [-0.4, -0.2) is 49.3 Å². The van der Waals surface area contributed by atoms with Gasteiger partial charge < -0.3 is 30.8 Å². The van der Waals surface area contributed by atoms with E-state index >= 15 is 0 Å². The molecule has 10 nitrogen and oxygen atoms in total. The molecule has 0 radical (unpaired) electrons. The van der Waals surface area contributed by atoms with E-state index in [4.69, 9.17) is 10.2 Å². The molecule has 0 saturated carbocycles. The number of phenolic OH excluding ortho intramolecular Hbond substituents is 1. The molecule has 0 heterocycles. The smallest absolute Gasteiger partial charge is 0.339 e. The van der Waals surface area contributed by atoms with E-state index in [1.165, 1.54) is 6.07 Å². The molecule has 0 aliphatic carbocycles. The molecule has 26 heavy (non-hydrogen) atoms. The summed E-state index contributed by atoms with van der Waals surface area (Å²) in [5.74, 6) is -7.31. The number of nitrogens with one attached hydrogen (secondary N) is 1. The Kier molecular flexibility index (Phi) is 4.78. The van der Waals surface area contributed by atoms with Gasteiger partial charge in [0.25, 0.3) is 5.91 Å². The van der Waals surface area contributed by atoms with Crippen molar-refractivity contribution in [1.82, 2.24) is 0 Å². The minimum absolute atomic E-state index is 0.358. The molecule has 0 unspecified atom stereocenters. The Morgan fingerprint density at radius 1 is 0.731 bits per heavy atom. The maximum absolute atomic E-state index is 12.3. The first-order chi connectivity index (χ1) is 12.1. The summed E-state index contributed by atoms with van der Waals surface area (Å²) in [6.07, 6.45) is 0. The number of rotatable bonds is 5. The highest BCUT2D eigenvalue weighted by molar-refractivity contribution is 6.12. The van der Waals surface area contributed by atoms with Crippen molar-refractivity contribution < 1.29 is 44.7 Å². The van der Waals surface area contributed by atoms with Gasteiger partial charge in [0, 0.05) is 0 Å². The van der Waals surface area contributed by atoms with Gasteiger partial charge in [0.1, 0.15) is 17.1 Å². The summed E-state index contributed by atoms with van der Waals surface area (Å²) in [6, 6.07) is 4.72. The van der Waals surface area contributed by atoms with Crippen LogP contribution in [-0.2, 0) is 0 Å². The van der Waals surface area contributed by atoms with E-state index < -0.39 is 57.6 Å². The van der Waals surface area contributed by atoms with Crippen LogP contribution in [0.5, 0.6) is 11.5 Å². The highest BCUT2D eigenvalue weighted by Gasteiger charge is 2.23. The van der Waals surface area contributed by atoms with Crippen LogP contribution < -0.4 is 5.32 Å². The summed E-state index contributed by atoms with van der Waals surface area (Å²) in [5.41, 5.74) is -2.78. The Morgan fingerprint density at radius 3 is 1.81 bits per heavy atom. The van der Waals surface area contributed by atoms with Crippen molar-refractivity contribution in [2.24, 2.45) is 0 Å². The third kappa shape index (κ3) is 3.38. The molecule has 0 atom stereocenters. The fraction of sp³-hybridized carbons (Fsp3) is 0. The van der Waals surface area contributed by atoms with Crippen molar-refractivity contribution >= 4 is 29.5 Å². The van der Waals surface area contributed by atoms with Crippen LogP contribution in [0.3, 0.4) is 0 Å². The van der Waals surface area contributed by atoms with Gasteiger partial charge in [-0.15, -0.1) is 0 Å². The Balaban J connectivity index is 2.47. The number of amides is 1. The lowest BCUT2D eigenvalue weighted by Gasteiger charge is -2.12. The van der Waals surface area contributed by atoms with Gasteiger partial charge in [0.2, 0.25) is 0 Å². The summed E-state index contributed by atoms with van der Waals surface area (Å²) in [5, 5.41) is 48.6. The molecule has 2 aromatic rings. The van der Waals surface area contributed by atoms with E-state index in [-0.39, 0.29) is 5.69 Å². The van der Waals surface area contributed by atoms with Gasteiger partial charge >= 0.3 is 17.9 Å². The van der Waals surface area contributed by atoms with Crippen LogP contribution >= 0.6 is 0 Å². The molecule has 0 spiro atoms. The van der Waals surface area contributed by atoms with Crippen molar-refractivity contribution in [3.05, 3.63) is 52.6 Å². The molecule has 6 N–H and O–H groups in total. The molecule has 2 rings (SSSR count). The van der Waals surface area contributed by atoms with Crippen molar-refractivity contribution in [3.8, 4) is 11.5 Å². The molecule has 134 valence electrons. The summed E-state index contributed by atoms with van der Waals surface area (Å²) < 4.78 is 0. The highest BCUT2D eigenvalue weighted by Crippen LogP contribution is 2.29. The van der Waals surface area contributed by atoms with Gasteiger partial charge in [-0.3, -0.25) is 4.79 Å². The SMILES string of the molecule is O=C(O)c1cc(O)c(C(=O)Nc2cccc(C(=O)O)c2C(=O)O)cc1O. The number of anilines is 1. The number of hydrogen-bond acceptors (Lipinski definition) is 6. The van der Waals surface area contributed by atoms with Gasteiger partial charge in [-0.1, -0.05) is 6.07 Å². The summed E-state index contributed by atoms with van der Waals surface area (Å²) in [6.45, 7) is 0. The van der Waals surface area contributed by atoms with Crippen LogP contribution in [0.15, 0.2) is 30.3 Å². The lowest BCUT2D eigenvalue weighted by atomic mass is 10.0. The molecule has 0 fully saturated rings. The Hall–Kier alpha value is -4.08. The van der Waals surface area contributed by atoms with Crippen LogP contribution in [0.4, 0.5) is 5.69 Å². The van der Waals surface area contributed by atoms with Gasteiger partial charge in [0.15, 0.2) is 0 Å². The zero-order valence-electron chi connectivity index (χ0n) is 12.8. The van der Waals surface area contributed by atoms with Gasteiger partial charge in [0.05, 0.1) is 22.4 Å². The van der Waals surface area contributed by atoms with Crippen LogP contribution in [0.1, 0.15) is 41.4 Å². The number of phenols is 2. The van der Waals surface area contributed by atoms with E-state index in [2.05, 4.69) is 5.32 Å². The molecule has 0 saturated heterocycles. The Bertz CT molecular complexity index is 949. The monoisotopic (exact) mass is 361 g/mol. The summed E-state index contributed by atoms with van der Waals surface area (Å²) in [4.78, 5) is 45.6. The van der Waals surface area contributed by atoms with E-state index in [0.29, 0.717) is 12.1 Å². The van der Waals surface area contributed by atoms with Crippen molar-refractivity contribution in [1.29, 1.82) is 0 Å². The second kappa shape index (κ2) is 6.81. The third-order valence-electron chi connectivity index (χ3n) is 3.35. The molecule has 1 amide bonds. The first kappa shape index (κ1) is 18.3. The fourth-order valence-electron chi connectivity index (χ4n) is 2.18. The van der Waals surface area contributed by atoms with E-state index in [9.17, 15) is 34.5 Å². The standard InChI is InChI=1S/C16H11NO9/c18-10-5-8(15(23)24)11(19)4-7(10)13(20)17-9-3-1-2-6(14(21)22)12(9)16(25)26/h1-5,18-19H,(H,17,20)(H,21,22)(H,23,24)(H,25,26). The van der Waals surface area contributed by atoms with Crippen molar-refractivity contribution in [2.75, 3.05) is 5.32 Å². The first-order valence-corrected chi connectivity index (χ1v) is 6.83. The maximum Gasteiger partial charge on any atom is 0.339 e. The lowest BCUT2D eigenvalue weighted by Crippen LogP contribution is -2.17. The number of carbonyl (C=O) groups excluding carboxylic acids is 1. The van der Waals surface area contributed by atoms with Gasteiger partial charge in [-0.2, -0.15) is 0 Å². The molecular formula is C16H11NO9. The number of aromatic hydroxyl groups is 2. The minimum atomic E-state index is -1.61. The minimum Gasteiger partial charge on any atom is -0.507 e. The topological polar surface area (TPSA) is 181 Å². The number of carbonyl (C=O) groups is 4. The summed E-state index contributed by atoms with van der Waals surface area (Å²) in [7, 11) is 0. The lowest BCUT2D eigenvalue weighted by molar-refractivity contribution is 0.0652. The molecule has 0 aromatic heterocycles. The average Bonchev–Trinajstić information content (AvgIpc) is 2.55. The largest absolute Gasteiger partial charge is 0.507 e. The number of carboxylic acid groups (broad SMARTS) is 3. The Morgan fingerprint density at radius 2 is 1.27 bits per heavy atom. The molecule has 0 aliphatic rings. The maximum atomic E-state index is 12.3. The number of carboxylic acids is 3. The van der Waals surface area contributed by atoms with Crippen LogP contribution in [0.2, 0.25) is 0 Å². The summed E-state index contributed by atoms with van der Waals surface area (Å²) >= 11 is 0. The Labute approximate surface area is 144 Å². The molecular weight excluding hydrogens is 350 g/mol. The first-order valence-electron chi connectivity index (χ1n) is 6.83. The number of aromatic carboxylic acids is 3. The van der Waals surface area contributed by atoms with Crippen LogP contribution in [0, 0.1) is 0 Å².